The van der Waals surface area contributed by atoms with Crippen molar-refractivity contribution >= 4 is 39.1 Å². The molecule has 27 heavy (non-hydrogen) atoms. The first-order chi connectivity index (χ1) is 13.0. The molecule has 2 amide bonds. The van der Waals surface area contributed by atoms with E-state index >= 15 is 0 Å². The standard InChI is InChI=1S/C21H23BrN2O3/c1-3-14-5-9-19(17(22)10-14)27-12-20(25)23-16-8-4-13(2)18(11-16)24-21(26)15-6-7-15/h4-5,8-11,15H,3,6-7,12H2,1-2H3,(H,23,25)(H,24,26). The Balaban J connectivity index is 1.58. The first kappa shape index (κ1) is 19.4. The Hall–Kier alpha value is -2.34. The van der Waals surface area contributed by atoms with Crippen LogP contribution in [0.25, 0.3) is 0 Å². The van der Waals surface area contributed by atoms with Crippen molar-refractivity contribution in [2.24, 2.45) is 5.92 Å². The number of ether oxygens (including phenoxy) is 1. The fraction of sp³-hybridized carbons (Fsp3) is 0.333. The first-order valence-electron chi connectivity index (χ1n) is 9.09. The van der Waals surface area contributed by atoms with Crippen LogP contribution in [0.4, 0.5) is 11.4 Å². The Morgan fingerprint density at radius 1 is 1.15 bits per heavy atom. The summed E-state index contributed by atoms with van der Waals surface area (Å²) in [5.74, 6) is 0.548. The van der Waals surface area contributed by atoms with Crippen molar-refractivity contribution < 1.29 is 14.3 Å². The zero-order valence-electron chi connectivity index (χ0n) is 15.5. The number of amides is 2. The summed E-state index contributed by atoms with van der Waals surface area (Å²) in [7, 11) is 0. The molecule has 0 heterocycles. The van der Waals surface area contributed by atoms with Crippen molar-refractivity contribution in [2.45, 2.75) is 33.1 Å². The number of aryl methyl sites for hydroxylation is 2. The van der Waals surface area contributed by atoms with E-state index in [1.807, 2.05) is 37.3 Å². The van der Waals surface area contributed by atoms with Crippen LogP contribution in [0.5, 0.6) is 5.75 Å². The molecule has 2 aromatic rings. The molecule has 3 rings (SSSR count). The highest BCUT2D eigenvalue weighted by molar-refractivity contribution is 9.10. The molecule has 0 saturated heterocycles. The second-order valence-electron chi connectivity index (χ2n) is 6.75. The van der Waals surface area contributed by atoms with Gasteiger partial charge in [-0.05, 0) is 77.5 Å². The molecule has 0 spiro atoms. The molecule has 0 radical (unpaired) electrons. The molecule has 0 unspecified atom stereocenters. The Kier molecular flexibility index (Phi) is 6.16. The number of benzene rings is 2. The summed E-state index contributed by atoms with van der Waals surface area (Å²) in [5, 5.41) is 5.74. The molecule has 2 N–H and O–H groups in total. The summed E-state index contributed by atoms with van der Waals surface area (Å²) in [6.45, 7) is 3.91. The van der Waals surface area contributed by atoms with Crippen molar-refractivity contribution in [3.63, 3.8) is 0 Å². The number of halogens is 1. The van der Waals surface area contributed by atoms with E-state index in [1.54, 1.807) is 6.07 Å². The third-order valence-corrected chi connectivity index (χ3v) is 5.11. The lowest BCUT2D eigenvalue weighted by Gasteiger charge is -2.12. The molecule has 1 fully saturated rings. The Morgan fingerprint density at radius 3 is 2.59 bits per heavy atom. The minimum Gasteiger partial charge on any atom is -0.483 e. The van der Waals surface area contributed by atoms with E-state index < -0.39 is 0 Å². The van der Waals surface area contributed by atoms with Gasteiger partial charge in [0.1, 0.15) is 5.75 Å². The second kappa shape index (κ2) is 8.57. The fourth-order valence-corrected chi connectivity index (χ4v) is 3.18. The van der Waals surface area contributed by atoms with Crippen LogP contribution in [0.3, 0.4) is 0 Å². The maximum absolute atomic E-state index is 12.2. The van der Waals surface area contributed by atoms with Crippen molar-refractivity contribution in [2.75, 3.05) is 17.2 Å². The smallest absolute Gasteiger partial charge is 0.262 e. The van der Waals surface area contributed by atoms with Gasteiger partial charge in [0.25, 0.3) is 5.91 Å². The third kappa shape index (κ3) is 5.32. The maximum atomic E-state index is 12.2. The molecule has 2 aromatic carbocycles. The van der Waals surface area contributed by atoms with Crippen LogP contribution in [0, 0.1) is 12.8 Å². The number of carbonyl (C=O) groups excluding carboxylic acids is 2. The van der Waals surface area contributed by atoms with E-state index in [0.717, 1.165) is 35.0 Å². The van der Waals surface area contributed by atoms with Gasteiger partial charge >= 0.3 is 0 Å². The molecule has 0 bridgehead atoms. The number of anilines is 2. The zero-order valence-corrected chi connectivity index (χ0v) is 17.1. The monoisotopic (exact) mass is 430 g/mol. The average molecular weight is 431 g/mol. The summed E-state index contributed by atoms with van der Waals surface area (Å²) in [4.78, 5) is 24.2. The molecule has 142 valence electrons. The van der Waals surface area contributed by atoms with Crippen LogP contribution < -0.4 is 15.4 Å². The molecule has 0 aliphatic heterocycles. The highest BCUT2D eigenvalue weighted by Crippen LogP contribution is 2.31. The van der Waals surface area contributed by atoms with Gasteiger partial charge in [-0.2, -0.15) is 0 Å². The topological polar surface area (TPSA) is 67.4 Å². The number of nitrogens with one attached hydrogen (secondary N) is 2. The molecule has 6 heteroatoms. The van der Waals surface area contributed by atoms with Gasteiger partial charge in [-0.15, -0.1) is 0 Å². The molecule has 5 nitrogen and oxygen atoms in total. The van der Waals surface area contributed by atoms with Crippen LogP contribution in [-0.2, 0) is 16.0 Å². The van der Waals surface area contributed by atoms with Crippen molar-refractivity contribution in [3.05, 3.63) is 52.0 Å². The predicted octanol–water partition coefficient (Wildman–Crippen LogP) is 4.69. The van der Waals surface area contributed by atoms with E-state index in [2.05, 4.69) is 33.5 Å². The predicted molar refractivity (Wildman–Crippen MR) is 110 cm³/mol. The molecular weight excluding hydrogens is 408 g/mol. The lowest BCUT2D eigenvalue weighted by molar-refractivity contribution is -0.118. The molecule has 0 aromatic heterocycles. The molecular formula is C21H23BrN2O3. The van der Waals surface area contributed by atoms with E-state index in [9.17, 15) is 9.59 Å². The van der Waals surface area contributed by atoms with Gasteiger partial charge in [0.2, 0.25) is 5.91 Å². The number of hydrogen-bond acceptors (Lipinski definition) is 3. The number of rotatable bonds is 7. The lowest BCUT2D eigenvalue weighted by Crippen LogP contribution is -2.20. The fourth-order valence-electron chi connectivity index (χ4n) is 2.64. The molecule has 0 atom stereocenters. The van der Waals surface area contributed by atoms with Crippen molar-refractivity contribution in [1.82, 2.24) is 0 Å². The van der Waals surface area contributed by atoms with Crippen LogP contribution in [-0.4, -0.2) is 18.4 Å². The summed E-state index contributed by atoms with van der Waals surface area (Å²) in [6.07, 6.45) is 2.84. The van der Waals surface area contributed by atoms with Gasteiger partial charge in [0.15, 0.2) is 6.61 Å². The summed E-state index contributed by atoms with van der Waals surface area (Å²) in [6, 6.07) is 11.3. The average Bonchev–Trinajstić information content (AvgIpc) is 3.48. The first-order valence-corrected chi connectivity index (χ1v) is 9.88. The van der Waals surface area contributed by atoms with Crippen LogP contribution in [0.15, 0.2) is 40.9 Å². The van der Waals surface area contributed by atoms with E-state index in [1.165, 1.54) is 5.56 Å². The Bertz CT molecular complexity index is 863. The SMILES string of the molecule is CCc1ccc(OCC(=O)Nc2ccc(C)c(NC(=O)C3CC3)c2)c(Br)c1. The lowest BCUT2D eigenvalue weighted by atomic mass is 10.1. The highest BCUT2D eigenvalue weighted by Gasteiger charge is 2.29. The van der Waals surface area contributed by atoms with Gasteiger partial charge in [0.05, 0.1) is 4.47 Å². The van der Waals surface area contributed by atoms with Gasteiger partial charge in [-0.3, -0.25) is 9.59 Å². The maximum Gasteiger partial charge on any atom is 0.262 e. The minimum absolute atomic E-state index is 0.0466. The van der Waals surface area contributed by atoms with Gasteiger partial charge in [-0.1, -0.05) is 19.1 Å². The quantitative estimate of drug-likeness (QED) is 0.669. The zero-order chi connectivity index (χ0) is 19.4. The van der Waals surface area contributed by atoms with Crippen molar-refractivity contribution in [1.29, 1.82) is 0 Å². The Labute approximate surface area is 167 Å². The van der Waals surface area contributed by atoms with E-state index in [0.29, 0.717) is 11.4 Å². The molecule has 1 aliphatic carbocycles. The highest BCUT2D eigenvalue weighted by atomic mass is 79.9. The third-order valence-electron chi connectivity index (χ3n) is 4.49. The number of carbonyl (C=O) groups is 2. The van der Waals surface area contributed by atoms with Crippen LogP contribution in [0.2, 0.25) is 0 Å². The van der Waals surface area contributed by atoms with E-state index in [-0.39, 0.29) is 24.3 Å². The molecule has 1 saturated carbocycles. The normalized spacial score (nSPS) is 13.1. The van der Waals surface area contributed by atoms with E-state index in [4.69, 9.17) is 4.74 Å². The van der Waals surface area contributed by atoms with Crippen molar-refractivity contribution in [3.8, 4) is 5.75 Å². The van der Waals surface area contributed by atoms with Gasteiger partial charge < -0.3 is 15.4 Å². The van der Waals surface area contributed by atoms with Crippen LogP contribution in [0.1, 0.15) is 30.9 Å². The van der Waals surface area contributed by atoms with Gasteiger partial charge in [0, 0.05) is 17.3 Å². The Morgan fingerprint density at radius 2 is 1.93 bits per heavy atom. The summed E-state index contributed by atoms with van der Waals surface area (Å²) < 4.78 is 6.43. The summed E-state index contributed by atoms with van der Waals surface area (Å²) >= 11 is 3.47. The van der Waals surface area contributed by atoms with Gasteiger partial charge in [-0.25, -0.2) is 0 Å². The number of hydrogen-bond donors (Lipinski definition) is 2. The largest absolute Gasteiger partial charge is 0.483 e. The second-order valence-corrected chi connectivity index (χ2v) is 7.60. The summed E-state index contributed by atoms with van der Waals surface area (Å²) in [5.41, 5.74) is 3.50. The van der Waals surface area contributed by atoms with Crippen LogP contribution >= 0.6 is 15.9 Å². The molecule has 1 aliphatic rings. The minimum atomic E-state index is -0.259.